The van der Waals surface area contributed by atoms with Crippen LogP contribution >= 0.6 is 0 Å². The highest BCUT2D eigenvalue weighted by molar-refractivity contribution is 7.89. The van der Waals surface area contributed by atoms with Crippen molar-refractivity contribution in [2.45, 2.75) is 37.6 Å². The summed E-state index contributed by atoms with van der Waals surface area (Å²) in [4.78, 5) is 0.211. The minimum absolute atomic E-state index is 0.0172. The lowest BCUT2D eigenvalue weighted by molar-refractivity contribution is 0.297. The molecule has 7 heteroatoms. The first-order valence-corrected chi connectivity index (χ1v) is 9.38. The second kappa shape index (κ2) is 7.51. The molecule has 23 heavy (non-hydrogen) atoms. The van der Waals surface area contributed by atoms with Crippen molar-refractivity contribution in [3.05, 3.63) is 18.2 Å². The summed E-state index contributed by atoms with van der Waals surface area (Å²) in [6, 6.07) is 4.73. The number of fused-ring (bicyclic) bond motifs is 1. The van der Waals surface area contributed by atoms with Crippen LogP contribution in [0.1, 0.15) is 26.7 Å². The predicted molar refractivity (Wildman–Crippen MR) is 89.3 cm³/mol. The largest absolute Gasteiger partial charge is 0.490 e. The van der Waals surface area contributed by atoms with Gasteiger partial charge < -0.3 is 15.2 Å². The number of rotatable bonds is 6. The van der Waals surface area contributed by atoms with Crippen LogP contribution in [-0.2, 0) is 10.0 Å². The normalized spacial score (nSPS) is 16.4. The Morgan fingerprint density at radius 2 is 1.87 bits per heavy atom. The fraction of sp³-hybridized carbons (Fsp3) is 0.625. The van der Waals surface area contributed by atoms with Crippen molar-refractivity contribution in [1.82, 2.24) is 4.31 Å². The minimum Gasteiger partial charge on any atom is -0.490 e. The maximum absolute atomic E-state index is 12.7. The van der Waals surface area contributed by atoms with E-state index >= 15 is 0 Å². The van der Waals surface area contributed by atoms with E-state index < -0.39 is 10.0 Å². The summed E-state index contributed by atoms with van der Waals surface area (Å²) in [6.45, 7) is 5.55. The molecule has 1 aliphatic heterocycles. The fourth-order valence-electron chi connectivity index (χ4n) is 2.27. The Bertz CT molecular complexity index is 631. The Balaban J connectivity index is 2.14. The Hall–Kier alpha value is -1.31. The van der Waals surface area contributed by atoms with Crippen LogP contribution in [0.25, 0.3) is 0 Å². The second-order valence-corrected chi connectivity index (χ2v) is 8.23. The van der Waals surface area contributed by atoms with Crippen LogP contribution in [0.2, 0.25) is 0 Å². The molecule has 1 heterocycles. The lowest BCUT2D eigenvalue weighted by Crippen LogP contribution is -2.34. The van der Waals surface area contributed by atoms with Crippen molar-refractivity contribution >= 4 is 10.0 Å². The van der Waals surface area contributed by atoms with Crippen molar-refractivity contribution in [3.8, 4) is 11.5 Å². The zero-order chi connectivity index (χ0) is 17.0. The number of nitrogens with zero attached hydrogens (tertiary/aromatic N) is 1. The number of nitrogens with two attached hydrogens (primary N) is 1. The smallest absolute Gasteiger partial charge is 0.242 e. The van der Waals surface area contributed by atoms with Gasteiger partial charge in [-0.05, 0) is 24.5 Å². The van der Waals surface area contributed by atoms with Gasteiger partial charge in [0.25, 0.3) is 0 Å². The van der Waals surface area contributed by atoms with Gasteiger partial charge in [-0.2, -0.15) is 0 Å². The van der Waals surface area contributed by atoms with E-state index in [-0.39, 0.29) is 10.9 Å². The van der Waals surface area contributed by atoms with Crippen LogP contribution in [0, 0.1) is 5.92 Å². The van der Waals surface area contributed by atoms with Gasteiger partial charge in [0.05, 0.1) is 18.1 Å². The third-order valence-corrected chi connectivity index (χ3v) is 5.91. The number of hydrogen-bond donors (Lipinski definition) is 1. The zero-order valence-electron chi connectivity index (χ0n) is 14.0. The van der Waals surface area contributed by atoms with Gasteiger partial charge in [-0.1, -0.05) is 13.8 Å². The molecule has 0 radical (unpaired) electrons. The van der Waals surface area contributed by atoms with Gasteiger partial charge in [0.2, 0.25) is 10.0 Å². The van der Waals surface area contributed by atoms with E-state index in [1.165, 1.54) is 10.4 Å². The van der Waals surface area contributed by atoms with Gasteiger partial charge in [0.15, 0.2) is 11.5 Å². The highest BCUT2D eigenvalue weighted by atomic mass is 32.2. The topological polar surface area (TPSA) is 81.9 Å². The molecule has 0 saturated heterocycles. The fourth-order valence-corrected chi connectivity index (χ4v) is 3.47. The molecule has 1 aromatic carbocycles. The summed E-state index contributed by atoms with van der Waals surface area (Å²) in [7, 11) is -1.99. The first-order valence-electron chi connectivity index (χ1n) is 7.94. The van der Waals surface area contributed by atoms with E-state index in [1.807, 2.05) is 13.8 Å². The Morgan fingerprint density at radius 1 is 1.22 bits per heavy atom. The molecule has 6 nitrogen and oxygen atoms in total. The van der Waals surface area contributed by atoms with E-state index in [0.717, 1.165) is 6.42 Å². The monoisotopic (exact) mass is 342 g/mol. The molecule has 0 fully saturated rings. The molecule has 0 bridgehead atoms. The molecule has 1 unspecified atom stereocenters. The SMILES string of the molecule is CC(C)C(N)CCN(C)S(=O)(=O)c1ccc2c(c1)OCCCO2. The van der Waals surface area contributed by atoms with Crippen molar-refractivity contribution in [3.63, 3.8) is 0 Å². The maximum Gasteiger partial charge on any atom is 0.242 e. The van der Waals surface area contributed by atoms with Gasteiger partial charge in [0.1, 0.15) is 0 Å². The Kier molecular flexibility index (Phi) is 5.89. The van der Waals surface area contributed by atoms with Crippen LogP contribution in [0.15, 0.2) is 23.1 Å². The average molecular weight is 342 g/mol. The van der Waals surface area contributed by atoms with E-state index in [1.54, 1.807) is 19.2 Å². The molecular weight excluding hydrogens is 316 g/mol. The minimum atomic E-state index is -3.56. The summed E-state index contributed by atoms with van der Waals surface area (Å²) in [5.74, 6) is 1.39. The molecular formula is C16H26N2O4S. The third-order valence-electron chi connectivity index (χ3n) is 4.06. The van der Waals surface area contributed by atoms with E-state index in [9.17, 15) is 8.42 Å². The van der Waals surface area contributed by atoms with Crippen molar-refractivity contribution in [1.29, 1.82) is 0 Å². The van der Waals surface area contributed by atoms with Crippen LogP contribution in [-0.4, -0.2) is 45.6 Å². The highest BCUT2D eigenvalue weighted by Crippen LogP contribution is 2.32. The van der Waals surface area contributed by atoms with Crippen LogP contribution in [0.5, 0.6) is 11.5 Å². The van der Waals surface area contributed by atoms with Gasteiger partial charge in [-0.3, -0.25) is 0 Å². The van der Waals surface area contributed by atoms with Crippen molar-refractivity contribution in [2.75, 3.05) is 26.8 Å². The van der Waals surface area contributed by atoms with Gasteiger partial charge >= 0.3 is 0 Å². The molecule has 2 rings (SSSR count). The zero-order valence-corrected chi connectivity index (χ0v) is 14.8. The van der Waals surface area contributed by atoms with Crippen LogP contribution in [0.4, 0.5) is 0 Å². The number of sulfonamides is 1. The lowest BCUT2D eigenvalue weighted by atomic mass is 10.0. The second-order valence-electron chi connectivity index (χ2n) is 6.18. The Labute approximate surface area is 138 Å². The summed E-state index contributed by atoms with van der Waals surface area (Å²) in [5, 5.41) is 0. The molecule has 0 aromatic heterocycles. The molecule has 1 atom stereocenters. The van der Waals surface area contributed by atoms with Gasteiger partial charge in [0, 0.05) is 32.1 Å². The first kappa shape index (κ1) is 18.0. The van der Waals surface area contributed by atoms with E-state index in [0.29, 0.717) is 43.6 Å². The van der Waals surface area contributed by atoms with Crippen LogP contribution in [0.3, 0.4) is 0 Å². The number of hydrogen-bond acceptors (Lipinski definition) is 5. The van der Waals surface area contributed by atoms with E-state index in [4.69, 9.17) is 15.2 Å². The molecule has 0 spiro atoms. The summed E-state index contributed by atoms with van der Waals surface area (Å²) >= 11 is 0. The number of ether oxygens (including phenoxy) is 2. The van der Waals surface area contributed by atoms with E-state index in [2.05, 4.69) is 0 Å². The Morgan fingerprint density at radius 3 is 2.52 bits per heavy atom. The molecule has 0 saturated carbocycles. The molecule has 1 aromatic rings. The van der Waals surface area contributed by atoms with Crippen molar-refractivity contribution in [2.24, 2.45) is 11.7 Å². The van der Waals surface area contributed by atoms with Gasteiger partial charge in [-0.15, -0.1) is 0 Å². The van der Waals surface area contributed by atoms with Crippen LogP contribution < -0.4 is 15.2 Å². The quantitative estimate of drug-likeness (QED) is 0.853. The molecule has 2 N–H and O–H groups in total. The van der Waals surface area contributed by atoms with Gasteiger partial charge in [-0.25, -0.2) is 12.7 Å². The number of benzene rings is 1. The van der Waals surface area contributed by atoms with Crippen molar-refractivity contribution < 1.29 is 17.9 Å². The predicted octanol–water partition coefficient (Wildman–Crippen LogP) is 1.84. The molecule has 130 valence electrons. The first-order chi connectivity index (χ1) is 10.8. The standard InChI is InChI=1S/C16H26N2O4S/c1-12(2)14(17)7-8-18(3)23(19,20)13-5-6-15-16(11-13)22-10-4-9-21-15/h5-6,11-12,14H,4,7-10,17H2,1-3H3. The molecule has 1 aliphatic rings. The molecule has 0 aliphatic carbocycles. The summed E-state index contributed by atoms with van der Waals surface area (Å²) < 4.78 is 37.8. The summed E-state index contributed by atoms with van der Waals surface area (Å²) in [5.41, 5.74) is 6.00. The maximum atomic E-state index is 12.7. The third kappa shape index (κ3) is 4.37. The highest BCUT2D eigenvalue weighted by Gasteiger charge is 2.24. The summed E-state index contributed by atoms with van der Waals surface area (Å²) in [6.07, 6.45) is 1.40. The average Bonchev–Trinajstić information content (AvgIpc) is 2.76. The lowest BCUT2D eigenvalue weighted by Gasteiger charge is -2.21. The molecule has 0 amide bonds.